The van der Waals surface area contributed by atoms with E-state index in [1.807, 2.05) is 4.90 Å². The lowest BCUT2D eigenvalue weighted by Crippen LogP contribution is -2.47. The lowest BCUT2D eigenvalue weighted by atomic mass is 9.94. The number of hydrogen-bond acceptors (Lipinski definition) is 4. The van der Waals surface area contributed by atoms with E-state index in [-0.39, 0.29) is 11.8 Å². The first-order chi connectivity index (χ1) is 11.5. The Kier molecular flexibility index (Phi) is 5.38. The van der Waals surface area contributed by atoms with Gasteiger partial charge in [-0.25, -0.2) is 4.79 Å². The maximum Gasteiger partial charge on any atom is 0.332 e. The van der Waals surface area contributed by atoms with Crippen molar-refractivity contribution in [3.63, 3.8) is 0 Å². The molecule has 0 radical (unpaired) electrons. The zero-order valence-electron chi connectivity index (χ0n) is 14.0. The van der Waals surface area contributed by atoms with Gasteiger partial charge in [0, 0.05) is 32.6 Å². The van der Waals surface area contributed by atoms with Gasteiger partial charge in [0.2, 0.25) is 5.91 Å². The fraction of sp³-hybridized carbons (Fsp3) is 0.824. The molecule has 24 heavy (non-hydrogen) atoms. The molecule has 7 heteroatoms. The molecule has 7 nitrogen and oxygen atoms in total. The molecule has 3 rings (SSSR count). The van der Waals surface area contributed by atoms with Gasteiger partial charge >= 0.3 is 5.97 Å². The number of carbonyl (C=O) groups is 3. The molecule has 0 unspecified atom stereocenters. The first-order valence-electron chi connectivity index (χ1n) is 8.99. The van der Waals surface area contributed by atoms with Crippen molar-refractivity contribution in [2.75, 3.05) is 26.2 Å². The van der Waals surface area contributed by atoms with Gasteiger partial charge in [-0.1, -0.05) is 0 Å². The second-order valence-electron chi connectivity index (χ2n) is 7.09. The molecule has 3 aliphatic heterocycles. The number of hydrogen-bond donors (Lipinski definition) is 1. The van der Waals surface area contributed by atoms with Gasteiger partial charge in [0.1, 0.15) is 6.10 Å². The molecule has 2 atom stereocenters. The van der Waals surface area contributed by atoms with Crippen molar-refractivity contribution < 1.29 is 24.2 Å². The minimum absolute atomic E-state index is 0.0775. The number of carboxylic acid groups (broad SMARTS) is 1. The summed E-state index contributed by atoms with van der Waals surface area (Å²) >= 11 is 0. The fourth-order valence-corrected chi connectivity index (χ4v) is 3.91. The second-order valence-corrected chi connectivity index (χ2v) is 7.09. The van der Waals surface area contributed by atoms with Crippen LogP contribution in [0.4, 0.5) is 0 Å². The van der Waals surface area contributed by atoms with Gasteiger partial charge < -0.3 is 19.6 Å². The molecule has 134 valence electrons. The Morgan fingerprint density at radius 1 is 1.04 bits per heavy atom. The van der Waals surface area contributed by atoms with E-state index in [0.717, 1.165) is 38.8 Å². The third-order valence-electron chi connectivity index (χ3n) is 5.40. The monoisotopic (exact) mass is 338 g/mol. The van der Waals surface area contributed by atoms with Crippen molar-refractivity contribution in [2.45, 2.75) is 57.2 Å². The summed E-state index contributed by atoms with van der Waals surface area (Å²) in [6.07, 6.45) is 3.98. The normalized spacial score (nSPS) is 29.1. The van der Waals surface area contributed by atoms with Crippen LogP contribution in [-0.4, -0.2) is 71.1 Å². The molecule has 3 heterocycles. The molecule has 0 aromatic heterocycles. The van der Waals surface area contributed by atoms with E-state index >= 15 is 0 Å². The van der Waals surface area contributed by atoms with Crippen LogP contribution in [0.2, 0.25) is 0 Å². The Labute approximate surface area is 141 Å². The van der Waals surface area contributed by atoms with E-state index in [0.29, 0.717) is 38.3 Å². The third-order valence-corrected chi connectivity index (χ3v) is 5.40. The molecule has 0 aliphatic carbocycles. The zero-order chi connectivity index (χ0) is 17.1. The van der Waals surface area contributed by atoms with E-state index in [4.69, 9.17) is 9.84 Å². The molecular weight excluding hydrogens is 312 g/mol. The van der Waals surface area contributed by atoms with Crippen molar-refractivity contribution in [1.82, 2.24) is 9.80 Å². The van der Waals surface area contributed by atoms with Crippen LogP contribution in [0.3, 0.4) is 0 Å². The van der Waals surface area contributed by atoms with Gasteiger partial charge in [-0.05, 0) is 44.4 Å². The minimum atomic E-state index is -0.991. The van der Waals surface area contributed by atoms with Crippen molar-refractivity contribution >= 4 is 17.8 Å². The van der Waals surface area contributed by atoms with Gasteiger partial charge in [0.25, 0.3) is 5.91 Å². The van der Waals surface area contributed by atoms with Crippen LogP contribution >= 0.6 is 0 Å². The van der Waals surface area contributed by atoms with E-state index < -0.39 is 18.2 Å². The quantitative estimate of drug-likeness (QED) is 0.822. The maximum atomic E-state index is 12.5. The summed E-state index contributed by atoms with van der Waals surface area (Å²) in [5, 5.41) is 8.95. The molecule has 0 spiro atoms. The molecule has 3 aliphatic rings. The maximum absolute atomic E-state index is 12.5. The summed E-state index contributed by atoms with van der Waals surface area (Å²) in [6, 6.07) is 0. The molecule has 0 aromatic carbocycles. The Hall–Kier alpha value is -1.63. The Balaban J connectivity index is 1.44. The smallest absolute Gasteiger partial charge is 0.332 e. The zero-order valence-corrected chi connectivity index (χ0v) is 14.0. The number of nitrogens with zero attached hydrogens (tertiary/aromatic N) is 2. The number of aliphatic carboxylic acids is 1. The first kappa shape index (κ1) is 17.2. The van der Waals surface area contributed by atoms with Crippen LogP contribution in [0.1, 0.15) is 44.9 Å². The van der Waals surface area contributed by atoms with E-state index in [1.165, 1.54) is 0 Å². The van der Waals surface area contributed by atoms with Gasteiger partial charge in [0.15, 0.2) is 6.10 Å². The lowest BCUT2D eigenvalue weighted by molar-refractivity contribution is -0.155. The highest BCUT2D eigenvalue weighted by atomic mass is 16.5. The average molecular weight is 338 g/mol. The molecule has 0 saturated carbocycles. The number of likely N-dealkylation sites (tertiary alicyclic amines) is 2. The van der Waals surface area contributed by atoms with E-state index in [2.05, 4.69) is 0 Å². The highest BCUT2D eigenvalue weighted by Crippen LogP contribution is 2.25. The van der Waals surface area contributed by atoms with E-state index in [1.54, 1.807) is 4.90 Å². The number of carboxylic acids is 1. The number of piperidine rings is 2. The number of amides is 2. The summed E-state index contributed by atoms with van der Waals surface area (Å²) < 4.78 is 5.36. The van der Waals surface area contributed by atoms with Crippen LogP contribution in [-0.2, 0) is 19.1 Å². The number of ether oxygens (including phenoxy) is 1. The summed E-state index contributed by atoms with van der Waals surface area (Å²) in [7, 11) is 0. The number of rotatable bonds is 4. The third kappa shape index (κ3) is 3.88. The molecule has 2 amide bonds. The predicted molar refractivity (Wildman–Crippen MR) is 85.3 cm³/mol. The van der Waals surface area contributed by atoms with Crippen LogP contribution < -0.4 is 0 Å². The minimum Gasteiger partial charge on any atom is -0.479 e. The molecule has 1 N–H and O–H groups in total. The number of carbonyl (C=O) groups excluding carboxylic acids is 2. The highest BCUT2D eigenvalue weighted by Gasteiger charge is 2.37. The van der Waals surface area contributed by atoms with Crippen molar-refractivity contribution in [2.24, 2.45) is 5.92 Å². The van der Waals surface area contributed by atoms with Crippen LogP contribution in [0.15, 0.2) is 0 Å². The molecule has 3 saturated heterocycles. The van der Waals surface area contributed by atoms with Crippen molar-refractivity contribution in [3.8, 4) is 0 Å². The summed E-state index contributed by atoms with van der Waals surface area (Å²) in [6.45, 7) is 3.01. The Morgan fingerprint density at radius 3 is 2.38 bits per heavy atom. The Bertz CT molecular complexity index is 501. The van der Waals surface area contributed by atoms with Crippen LogP contribution in [0, 0.1) is 5.92 Å². The Morgan fingerprint density at radius 2 is 1.75 bits per heavy atom. The highest BCUT2D eigenvalue weighted by molar-refractivity contribution is 5.82. The first-order valence-corrected chi connectivity index (χ1v) is 8.99. The summed E-state index contributed by atoms with van der Waals surface area (Å²) in [4.78, 5) is 39.1. The molecular formula is C17H26N2O5. The summed E-state index contributed by atoms with van der Waals surface area (Å²) in [5.74, 6) is -0.354. The lowest BCUT2D eigenvalue weighted by Gasteiger charge is -2.36. The fourth-order valence-electron chi connectivity index (χ4n) is 3.91. The topological polar surface area (TPSA) is 87.2 Å². The molecule has 0 bridgehead atoms. The van der Waals surface area contributed by atoms with Crippen molar-refractivity contribution in [3.05, 3.63) is 0 Å². The van der Waals surface area contributed by atoms with E-state index in [9.17, 15) is 14.4 Å². The van der Waals surface area contributed by atoms with Gasteiger partial charge in [0.05, 0.1) is 0 Å². The largest absolute Gasteiger partial charge is 0.479 e. The van der Waals surface area contributed by atoms with Crippen LogP contribution in [0.25, 0.3) is 0 Å². The van der Waals surface area contributed by atoms with Gasteiger partial charge in [-0.2, -0.15) is 0 Å². The van der Waals surface area contributed by atoms with Crippen molar-refractivity contribution in [1.29, 1.82) is 0 Å². The molecule has 3 fully saturated rings. The predicted octanol–water partition coefficient (Wildman–Crippen LogP) is 0.870. The summed E-state index contributed by atoms with van der Waals surface area (Å²) in [5.41, 5.74) is 0. The standard InChI is InChI=1S/C17H26N2O5/c20-15-3-1-2-8-19(15)11-12-6-9-18(10-7-12)16(21)13-4-5-14(24-13)17(22)23/h12-14H,1-11H2,(H,22,23)/t13-,14+/m0/s1. The second kappa shape index (κ2) is 7.51. The van der Waals surface area contributed by atoms with Crippen LogP contribution in [0.5, 0.6) is 0 Å². The van der Waals surface area contributed by atoms with Gasteiger partial charge in [-0.3, -0.25) is 9.59 Å². The van der Waals surface area contributed by atoms with Gasteiger partial charge in [-0.15, -0.1) is 0 Å². The molecule has 0 aromatic rings. The SMILES string of the molecule is O=C(O)[C@H]1CC[C@@H](C(=O)N2CCC(CN3CCCCC3=O)CC2)O1. The average Bonchev–Trinajstić information content (AvgIpc) is 3.07.